The Hall–Kier alpha value is -2.50. The van der Waals surface area contributed by atoms with Crippen molar-refractivity contribution in [3.8, 4) is 11.4 Å². The maximum Gasteiger partial charge on any atom is 0.180 e. The number of imidazole rings is 1. The number of fused-ring (bicyclic) bond motifs is 1. The van der Waals surface area contributed by atoms with Crippen LogP contribution in [0.25, 0.3) is 22.6 Å². The second-order valence-electron chi connectivity index (χ2n) is 3.85. The summed E-state index contributed by atoms with van der Waals surface area (Å²) in [5, 5.41) is 0. The predicted molar refractivity (Wildman–Crippen MR) is 63.7 cm³/mol. The van der Waals surface area contributed by atoms with E-state index in [0.717, 1.165) is 6.07 Å². The molecule has 6 heteroatoms. The number of hydrogen-bond acceptors (Lipinski definition) is 3. The molecule has 2 aromatic heterocycles. The lowest BCUT2D eigenvalue weighted by Gasteiger charge is -1.97. The molecule has 0 aliphatic carbocycles. The summed E-state index contributed by atoms with van der Waals surface area (Å²) in [6.07, 6.45) is 0. The van der Waals surface area contributed by atoms with Crippen LogP contribution in [0.3, 0.4) is 0 Å². The molecule has 18 heavy (non-hydrogen) atoms. The molecule has 0 unspecified atom stereocenters. The molecule has 1 aromatic carbocycles. The van der Waals surface area contributed by atoms with Gasteiger partial charge in [-0.15, -0.1) is 0 Å². The maximum atomic E-state index is 13.1. The van der Waals surface area contributed by atoms with Crippen LogP contribution < -0.4 is 5.73 Å². The van der Waals surface area contributed by atoms with Crippen LogP contribution in [0.1, 0.15) is 0 Å². The van der Waals surface area contributed by atoms with Crippen molar-refractivity contribution in [2.75, 3.05) is 5.73 Å². The molecule has 0 spiro atoms. The van der Waals surface area contributed by atoms with E-state index in [2.05, 4.69) is 15.0 Å². The van der Waals surface area contributed by atoms with Crippen molar-refractivity contribution in [3.63, 3.8) is 0 Å². The zero-order valence-electron chi connectivity index (χ0n) is 9.11. The van der Waals surface area contributed by atoms with Crippen molar-refractivity contribution >= 4 is 17.0 Å². The van der Waals surface area contributed by atoms with Gasteiger partial charge in [0.15, 0.2) is 5.65 Å². The zero-order valence-corrected chi connectivity index (χ0v) is 9.11. The minimum Gasteiger partial charge on any atom is -0.384 e. The van der Waals surface area contributed by atoms with Crippen molar-refractivity contribution in [1.82, 2.24) is 15.0 Å². The SMILES string of the molecule is Nc1ccc2[nH]c(-c3cc(F)cc(F)c3)nc2n1. The first-order valence-corrected chi connectivity index (χ1v) is 5.20. The van der Waals surface area contributed by atoms with Crippen LogP contribution in [0.2, 0.25) is 0 Å². The smallest absolute Gasteiger partial charge is 0.180 e. The van der Waals surface area contributed by atoms with E-state index in [1.807, 2.05) is 0 Å². The summed E-state index contributed by atoms with van der Waals surface area (Å²) in [5.41, 5.74) is 6.93. The average molecular weight is 246 g/mol. The normalized spacial score (nSPS) is 11.0. The number of rotatable bonds is 1. The van der Waals surface area contributed by atoms with Gasteiger partial charge in [-0.3, -0.25) is 0 Å². The molecule has 3 N–H and O–H groups in total. The molecule has 0 aliphatic rings. The molecule has 0 radical (unpaired) electrons. The van der Waals surface area contributed by atoms with Crippen LogP contribution in [-0.2, 0) is 0 Å². The summed E-state index contributed by atoms with van der Waals surface area (Å²) in [4.78, 5) is 11.1. The Balaban J connectivity index is 2.19. The van der Waals surface area contributed by atoms with Gasteiger partial charge in [-0.1, -0.05) is 0 Å². The summed E-state index contributed by atoms with van der Waals surface area (Å²) < 4.78 is 26.2. The number of anilines is 1. The van der Waals surface area contributed by atoms with Gasteiger partial charge in [0, 0.05) is 11.6 Å². The highest BCUT2D eigenvalue weighted by atomic mass is 19.1. The third-order valence-corrected chi connectivity index (χ3v) is 2.50. The molecule has 90 valence electrons. The predicted octanol–water partition coefficient (Wildman–Crippen LogP) is 2.49. The number of nitrogen functional groups attached to an aromatic ring is 1. The van der Waals surface area contributed by atoms with Crippen molar-refractivity contribution in [2.24, 2.45) is 0 Å². The molecule has 2 heterocycles. The number of aromatic amines is 1. The molecular weight excluding hydrogens is 238 g/mol. The summed E-state index contributed by atoms with van der Waals surface area (Å²) in [6, 6.07) is 6.54. The van der Waals surface area contributed by atoms with E-state index in [0.29, 0.717) is 28.4 Å². The molecule has 0 atom stereocenters. The van der Waals surface area contributed by atoms with Gasteiger partial charge in [-0.25, -0.2) is 18.7 Å². The highest BCUT2D eigenvalue weighted by Gasteiger charge is 2.09. The number of nitrogens with one attached hydrogen (secondary N) is 1. The first-order valence-electron chi connectivity index (χ1n) is 5.20. The number of benzene rings is 1. The van der Waals surface area contributed by atoms with Crippen LogP contribution in [0.4, 0.5) is 14.6 Å². The minimum absolute atomic E-state index is 0.323. The number of hydrogen-bond donors (Lipinski definition) is 2. The second kappa shape index (κ2) is 3.76. The fourth-order valence-electron chi connectivity index (χ4n) is 1.73. The first-order chi connectivity index (χ1) is 8.61. The van der Waals surface area contributed by atoms with E-state index in [9.17, 15) is 8.78 Å². The van der Waals surface area contributed by atoms with Gasteiger partial charge in [0.05, 0.1) is 5.52 Å². The molecule has 0 aliphatic heterocycles. The number of nitrogens with zero attached hydrogens (tertiary/aromatic N) is 2. The Bertz CT molecular complexity index is 716. The molecule has 3 aromatic rings. The monoisotopic (exact) mass is 246 g/mol. The van der Waals surface area contributed by atoms with Gasteiger partial charge in [-0.2, -0.15) is 0 Å². The largest absolute Gasteiger partial charge is 0.384 e. The lowest BCUT2D eigenvalue weighted by atomic mass is 10.2. The second-order valence-corrected chi connectivity index (χ2v) is 3.85. The molecule has 3 rings (SSSR count). The van der Waals surface area contributed by atoms with Crippen molar-refractivity contribution in [2.45, 2.75) is 0 Å². The molecule has 0 fully saturated rings. The third kappa shape index (κ3) is 1.77. The Morgan fingerprint density at radius 1 is 1.00 bits per heavy atom. The Kier molecular flexibility index (Phi) is 2.22. The summed E-state index contributed by atoms with van der Waals surface area (Å²) >= 11 is 0. The average Bonchev–Trinajstić information content (AvgIpc) is 2.70. The van der Waals surface area contributed by atoms with Crippen LogP contribution in [0.15, 0.2) is 30.3 Å². The van der Waals surface area contributed by atoms with Gasteiger partial charge in [-0.05, 0) is 24.3 Å². The number of halogens is 2. The summed E-state index contributed by atoms with van der Waals surface area (Å²) in [5.74, 6) is -0.622. The zero-order chi connectivity index (χ0) is 12.7. The lowest BCUT2D eigenvalue weighted by molar-refractivity contribution is 0.584. The standard InChI is InChI=1S/C12H8F2N4/c13-7-3-6(4-8(14)5-7)11-16-9-1-2-10(15)17-12(9)18-11/h1-5H,(H3,15,16,17,18). The van der Waals surface area contributed by atoms with Crippen LogP contribution in [-0.4, -0.2) is 15.0 Å². The Labute approximate surface area is 100 Å². The summed E-state index contributed by atoms with van der Waals surface area (Å²) in [6.45, 7) is 0. The first kappa shape index (κ1) is 10.6. The van der Waals surface area contributed by atoms with Gasteiger partial charge >= 0.3 is 0 Å². The van der Waals surface area contributed by atoms with E-state index in [1.54, 1.807) is 12.1 Å². The molecule has 0 saturated carbocycles. The maximum absolute atomic E-state index is 13.1. The highest BCUT2D eigenvalue weighted by molar-refractivity contribution is 5.77. The third-order valence-electron chi connectivity index (χ3n) is 2.50. The summed E-state index contributed by atoms with van der Waals surface area (Å²) in [7, 11) is 0. The van der Waals surface area contributed by atoms with Crippen LogP contribution >= 0.6 is 0 Å². The molecule has 0 amide bonds. The van der Waals surface area contributed by atoms with E-state index in [1.165, 1.54) is 12.1 Å². The minimum atomic E-state index is -0.655. The molecule has 4 nitrogen and oxygen atoms in total. The molecular formula is C12H8F2N4. The van der Waals surface area contributed by atoms with E-state index >= 15 is 0 Å². The lowest BCUT2D eigenvalue weighted by Crippen LogP contribution is -1.88. The van der Waals surface area contributed by atoms with Gasteiger partial charge in [0.1, 0.15) is 23.3 Å². The van der Waals surface area contributed by atoms with Crippen LogP contribution in [0.5, 0.6) is 0 Å². The quantitative estimate of drug-likeness (QED) is 0.693. The Morgan fingerprint density at radius 2 is 1.72 bits per heavy atom. The van der Waals surface area contributed by atoms with Gasteiger partial charge in [0.25, 0.3) is 0 Å². The fourth-order valence-corrected chi connectivity index (χ4v) is 1.73. The Morgan fingerprint density at radius 3 is 2.44 bits per heavy atom. The topological polar surface area (TPSA) is 67.6 Å². The van der Waals surface area contributed by atoms with E-state index < -0.39 is 11.6 Å². The fraction of sp³-hybridized carbons (Fsp3) is 0. The van der Waals surface area contributed by atoms with E-state index in [-0.39, 0.29) is 0 Å². The highest BCUT2D eigenvalue weighted by Crippen LogP contribution is 2.21. The molecule has 0 bridgehead atoms. The number of pyridine rings is 1. The van der Waals surface area contributed by atoms with E-state index in [4.69, 9.17) is 5.73 Å². The van der Waals surface area contributed by atoms with Crippen molar-refractivity contribution in [1.29, 1.82) is 0 Å². The van der Waals surface area contributed by atoms with Gasteiger partial charge < -0.3 is 10.7 Å². The number of aromatic nitrogens is 3. The van der Waals surface area contributed by atoms with Crippen LogP contribution in [0, 0.1) is 11.6 Å². The molecule has 0 saturated heterocycles. The number of H-pyrrole nitrogens is 1. The van der Waals surface area contributed by atoms with Crippen molar-refractivity contribution in [3.05, 3.63) is 42.0 Å². The van der Waals surface area contributed by atoms with Crippen molar-refractivity contribution < 1.29 is 8.78 Å². The number of nitrogens with two attached hydrogens (primary N) is 1. The van der Waals surface area contributed by atoms with Gasteiger partial charge in [0.2, 0.25) is 0 Å².